The van der Waals surface area contributed by atoms with Crippen LogP contribution in [-0.4, -0.2) is 30.3 Å². The molecular formula is C21H34N2O2S. The quantitative estimate of drug-likeness (QED) is 0.505. The van der Waals surface area contributed by atoms with Gasteiger partial charge in [-0.1, -0.05) is 32.6 Å². The lowest BCUT2D eigenvalue weighted by Crippen LogP contribution is -2.44. The van der Waals surface area contributed by atoms with E-state index in [1.165, 1.54) is 25.7 Å². The minimum Gasteiger partial charge on any atom is -0.352 e. The van der Waals surface area contributed by atoms with Gasteiger partial charge in [0.25, 0.3) is 0 Å². The van der Waals surface area contributed by atoms with Crippen molar-refractivity contribution in [3.63, 3.8) is 0 Å². The van der Waals surface area contributed by atoms with E-state index in [4.69, 9.17) is 0 Å². The molecule has 146 valence electrons. The topological polar surface area (TPSA) is 58.2 Å². The summed E-state index contributed by atoms with van der Waals surface area (Å²) in [7, 11) is 0. The Kier molecular flexibility index (Phi) is 9.93. The lowest BCUT2D eigenvalue weighted by atomic mass is 10.0. The minimum absolute atomic E-state index is 0.114. The smallest absolute Gasteiger partial charge is 0.224 e. The fraction of sp³-hybridized carbons (Fsp3) is 0.714. The Morgan fingerprint density at radius 3 is 2.73 bits per heavy atom. The fourth-order valence-electron chi connectivity index (χ4n) is 3.59. The highest BCUT2D eigenvalue weighted by Gasteiger charge is 2.18. The van der Waals surface area contributed by atoms with Crippen LogP contribution in [0.3, 0.4) is 0 Å². The lowest BCUT2D eigenvalue weighted by molar-refractivity contribution is -0.121. The number of hydrogen-bond acceptors (Lipinski definition) is 4. The van der Waals surface area contributed by atoms with E-state index in [0.29, 0.717) is 31.1 Å². The van der Waals surface area contributed by atoms with E-state index in [9.17, 15) is 9.59 Å². The average Bonchev–Trinajstić information content (AvgIpc) is 3.32. The number of ketones is 1. The van der Waals surface area contributed by atoms with Gasteiger partial charge < -0.3 is 10.6 Å². The number of carbonyl (C=O) groups is 2. The third kappa shape index (κ3) is 8.45. The largest absolute Gasteiger partial charge is 0.352 e. The molecule has 1 heterocycles. The van der Waals surface area contributed by atoms with Crippen molar-refractivity contribution in [2.75, 3.05) is 6.54 Å². The van der Waals surface area contributed by atoms with Crippen LogP contribution in [0, 0.1) is 0 Å². The van der Waals surface area contributed by atoms with Crippen molar-refractivity contribution in [3.05, 3.63) is 22.4 Å². The Balaban J connectivity index is 1.72. The Morgan fingerprint density at radius 1 is 1.23 bits per heavy atom. The number of carbonyl (C=O) groups excluding carboxylic acids is 2. The van der Waals surface area contributed by atoms with Crippen LogP contribution in [-0.2, 0) is 16.0 Å². The number of Topliss-reactive ketones (excluding diaryl/α,β-unsaturated/α-hetero) is 1. The van der Waals surface area contributed by atoms with E-state index in [1.54, 1.807) is 11.3 Å². The molecule has 1 aromatic heterocycles. The molecule has 0 bridgehead atoms. The molecule has 0 radical (unpaired) electrons. The van der Waals surface area contributed by atoms with Gasteiger partial charge >= 0.3 is 0 Å². The molecule has 2 rings (SSSR count). The van der Waals surface area contributed by atoms with Gasteiger partial charge in [-0.15, -0.1) is 0 Å². The number of hydrogen-bond donors (Lipinski definition) is 2. The van der Waals surface area contributed by atoms with Crippen LogP contribution in [0.1, 0.15) is 76.7 Å². The summed E-state index contributed by atoms with van der Waals surface area (Å²) in [6, 6.07) is 2.82. The van der Waals surface area contributed by atoms with E-state index in [-0.39, 0.29) is 11.9 Å². The van der Waals surface area contributed by atoms with Gasteiger partial charge in [0.1, 0.15) is 5.78 Å². The van der Waals surface area contributed by atoms with Crippen molar-refractivity contribution in [2.45, 2.75) is 89.6 Å². The maximum absolute atomic E-state index is 12.4. The molecule has 5 heteroatoms. The van der Waals surface area contributed by atoms with Gasteiger partial charge in [-0.2, -0.15) is 11.3 Å². The summed E-state index contributed by atoms with van der Waals surface area (Å²) in [5, 5.41) is 10.9. The Hall–Kier alpha value is -1.20. The summed E-state index contributed by atoms with van der Waals surface area (Å²) in [5.41, 5.74) is 1.09. The van der Waals surface area contributed by atoms with Crippen molar-refractivity contribution in [2.24, 2.45) is 0 Å². The van der Waals surface area contributed by atoms with E-state index >= 15 is 0 Å². The van der Waals surface area contributed by atoms with Crippen LogP contribution in [0.25, 0.3) is 0 Å². The second kappa shape index (κ2) is 12.2. The molecule has 1 atom stereocenters. The number of nitrogens with one attached hydrogen (secondary N) is 2. The van der Waals surface area contributed by atoms with Crippen molar-refractivity contribution in [3.8, 4) is 0 Å². The Labute approximate surface area is 162 Å². The highest BCUT2D eigenvalue weighted by atomic mass is 32.1. The summed E-state index contributed by atoms with van der Waals surface area (Å²) in [6.45, 7) is 2.78. The molecule has 2 N–H and O–H groups in total. The molecule has 0 aliphatic heterocycles. The predicted octanol–water partition coefficient (Wildman–Crippen LogP) is 4.24. The maximum atomic E-state index is 12.4. The standard InChI is InChI=1S/C21H34N2O2S/c1-2-20(24)11-5-3-4-10-19(15-22-18-8-6-7-9-18)23-21(25)14-17-12-13-26-16-17/h12-13,16,18-19,22H,2-11,14-15H2,1H3,(H,23,25). The van der Waals surface area contributed by atoms with Crippen LogP contribution in [0.4, 0.5) is 0 Å². The molecule has 1 amide bonds. The van der Waals surface area contributed by atoms with Gasteiger partial charge in [-0.05, 0) is 48.1 Å². The molecule has 1 fully saturated rings. The first-order valence-electron chi connectivity index (χ1n) is 10.2. The first kappa shape index (κ1) is 21.1. The number of thiophene rings is 1. The molecule has 0 saturated heterocycles. The molecule has 0 spiro atoms. The minimum atomic E-state index is 0.114. The summed E-state index contributed by atoms with van der Waals surface area (Å²) >= 11 is 1.63. The zero-order valence-corrected chi connectivity index (χ0v) is 16.9. The van der Waals surface area contributed by atoms with E-state index < -0.39 is 0 Å². The van der Waals surface area contributed by atoms with Crippen LogP contribution in [0.15, 0.2) is 16.8 Å². The molecule has 1 aliphatic carbocycles. The van der Waals surface area contributed by atoms with Crippen molar-refractivity contribution in [1.29, 1.82) is 0 Å². The number of amides is 1. The van der Waals surface area contributed by atoms with Gasteiger partial charge in [-0.25, -0.2) is 0 Å². The maximum Gasteiger partial charge on any atom is 0.224 e. The van der Waals surface area contributed by atoms with E-state index in [2.05, 4.69) is 10.6 Å². The predicted molar refractivity (Wildman–Crippen MR) is 109 cm³/mol. The van der Waals surface area contributed by atoms with Gasteiger partial charge in [0.2, 0.25) is 5.91 Å². The second-order valence-electron chi connectivity index (χ2n) is 7.45. The molecule has 26 heavy (non-hydrogen) atoms. The molecule has 0 aromatic carbocycles. The highest BCUT2D eigenvalue weighted by molar-refractivity contribution is 7.08. The van der Waals surface area contributed by atoms with Crippen LogP contribution in [0.2, 0.25) is 0 Å². The van der Waals surface area contributed by atoms with E-state index in [1.807, 2.05) is 23.8 Å². The van der Waals surface area contributed by atoms with Gasteiger partial charge in [-0.3, -0.25) is 9.59 Å². The Bertz CT molecular complexity index is 524. The molecular weight excluding hydrogens is 344 g/mol. The molecule has 1 aliphatic rings. The van der Waals surface area contributed by atoms with Crippen LogP contribution < -0.4 is 10.6 Å². The highest BCUT2D eigenvalue weighted by Crippen LogP contribution is 2.18. The average molecular weight is 379 g/mol. The summed E-state index contributed by atoms with van der Waals surface area (Å²) in [4.78, 5) is 23.7. The van der Waals surface area contributed by atoms with Crippen LogP contribution in [0.5, 0.6) is 0 Å². The molecule has 1 aromatic rings. The van der Waals surface area contributed by atoms with Crippen molar-refractivity contribution < 1.29 is 9.59 Å². The second-order valence-corrected chi connectivity index (χ2v) is 8.23. The first-order chi connectivity index (χ1) is 12.7. The molecule has 1 saturated carbocycles. The van der Waals surface area contributed by atoms with Gasteiger partial charge in [0.15, 0.2) is 0 Å². The number of unbranched alkanes of at least 4 members (excludes halogenated alkanes) is 2. The van der Waals surface area contributed by atoms with E-state index in [0.717, 1.165) is 37.8 Å². The molecule has 4 nitrogen and oxygen atoms in total. The van der Waals surface area contributed by atoms with Gasteiger partial charge in [0.05, 0.1) is 6.42 Å². The lowest BCUT2D eigenvalue weighted by Gasteiger charge is -2.22. The number of rotatable bonds is 13. The Morgan fingerprint density at radius 2 is 2.04 bits per heavy atom. The van der Waals surface area contributed by atoms with Crippen LogP contribution >= 0.6 is 11.3 Å². The third-order valence-corrected chi connectivity index (χ3v) is 5.95. The zero-order valence-electron chi connectivity index (χ0n) is 16.1. The summed E-state index contributed by atoms with van der Waals surface area (Å²) in [5.74, 6) is 0.469. The SMILES string of the molecule is CCC(=O)CCCCCC(CNC1CCCC1)NC(=O)Cc1ccsc1. The summed E-state index contributed by atoms with van der Waals surface area (Å²) < 4.78 is 0. The molecule has 1 unspecified atom stereocenters. The van der Waals surface area contributed by atoms with Gasteiger partial charge in [0, 0.05) is 31.5 Å². The fourth-order valence-corrected chi connectivity index (χ4v) is 4.26. The monoisotopic (exact) mass is 378 g/mol. The van der Waals surface area contributed by atoms with Crippen molar-refractivity contribution in [1.82, 2.24) is 10.6 Å². The summed E-state index contributed by atoms with van der Waals surface area (Å²) in [6.07, 6.45) is 11.0. The zero-order chi connectivity index (χ0) is 18.6. The van der Waals surface area contributed by atoms with Crippen molar-refractivity contribution >= 4 is 23.0 Å². The first-order valence-corrected chi connectivity index (χ1v) is 11.2. The normalized spacial score (nSPS) is 15.9. The third-order valence-electron chi connectivity index (χ3n) is 5.22.